The van der Waals surface area contributed by atoms with Crippen molar-refractivity contribution in [2.75, 3.05) is 0 Å². The summed E-state index contributed by atoms with van der Waals surface area (Å²) in [6.45, 7) is 4.52. The van der Waals surface area contributed by atoms with Crippen molar-refractivity contribution in [1.29, 1.82) is 0 Å². The molecule has 0 aromatic heterocycles. The SMILES string of the molecule is CC1(C)[C@@H]2C[C@H]1C(=O)C[C@H]2c1ccc(Br)cc1. The van der Waals surface area contributed by atoms with Gasteiger partial charge in [0.15, 0.2) is 0 Å². The number of halogens is 1. The molecule has 0 N–H and O–H groups in total. The van der Waals surface area contributed by atoms with Crippen molar-refractivity contribution in [2.45, 2.75) is 32.6 Å². The van der Waals surface area contributed by atoms with Crippen molar-refractivity contribution in [3.05, 3.63) is 34.3 Å². The molecule has 2 heteroatoms. The van der Waals surface area contributed by atoms with E-state index >= 15 is 0 Å². The maximum absolute atomic E-state index is 12.1. The predicted molar refractivity (Wildman–Crippen MR) is 71.9 cm³/mol. The fourth-order valence-electron chi connectivity index (χ4n) is 3.75. The van der Waals surface area contributed by atoms with Crippen LogP contribution in [0.15, 0.2) is 28.7 Å². The van der Waals surface area contributed by atoms with Gasteiger partial charge < -0.3 is 0 Å². The van der Waals surface area contributed by atoms with Gasteiger partial charge in [0.1, 0.15) is 5.78 Å². The van der Waals surface area contributed by atoms with E-state index in [0.717, 1.165) is 17.3 Å². The minimum atomic E-state index is 0.215. The van der Waals surface area contributed by atoms with Crippen molar-refractivity contribution in [1.82, 2.24) is 0 Å². The fourth-order valence-corrected chi connectivity index (χ4v) is 4.01. The van der Waals surface area contributed by atoms with E-state index in [0.29, 0.717) is 23.5 Å². The van der Waals surface area contributed by atoms with Gasteiger partial charge >= 0.3 is 0 Å². The third-order valence-corrected chi connectivity index (χ3v) is 5.47. The van der Waals surface area contributed by atoms with E-state index in [1.807, 2.05) is 0 Å². The molecule has 4 rings (SSSR count). The second-order valence-electron chi connectivity index (χ2n) is 6.04. The van der Waals surface area contributed by atoms with Crippen molar-refractivity contribution >= 4 is 21.7 Å². The molecule has 90 valence electrons. The lowest BCUT2D eigenvalue weighted by atomic mass is 9.44. The minimum Gasteiger partial charge on any atom is -0.299 e. The highest BCUT2D eigenvalue weighted by Crippen LogP contribution is 2.62. The zero-order valence-electron chi connectivity index (χ0n) is 10.2. The van der Waals surface area contributed by atoms with Crippen LogP contribution in [0.25, 0.3) is 0 Å². The zero-order chi connectivity index (χ0) is 12.2. The van der Waals surface area contributed by atoms with Gasteiger partial charge in [-0.2, -0.15) is 0 Å². The number of carbonyl (C=O) groups excluding carboxylic acids is 1. The van der Waals surface area contributed by atoms with E-state index in [-0.39, 0.29) is 5.41 Å². The monoisotopic (exact) mass is 292 g/mol. The number of ketones is 1. The van der Waals surface area contributed by atoms with E-state index < -0.39 is 0 Å². The van der Waals surface area contributed by atoms with Crippen LogP contribution in [0.2, 0.25) is 0 Å². The molecule has 3 aliphatic rings. The average Bonchev–Trinajstić information content (AvgIpc) is 2.28. The summed E-state index contributed by atoms with van der Waals surface area (Å²) in [5.74, 6) is 1.94. The number of fused-ring (bicyclic) bond motifs is 2. The Balaban J connectivity index is 1.94. The first-order chi connectivity index (χ1) is 8.00. The third kappa shape index (κ3) is 1.61. The molecule has 0 spiro atoms. The molecule has 0 radical (unpaired) electrons. The maximum Gasteiger partial charge on any atom is 0.137 e. The van der Waals surface area contributed by atoms with Gasteiger partial charge in [-0.3, -0.25) is 4.79 Å². The first-order valence-corrected chi connectivity index (χ1v) is 7.07. The summed E-state index contributed by atoms with van der Waals surface area (Å²) < 4.78 is 1.11. The normalized spacial score (nSPS) is 34.3. The van der Waals surface area contributed by atoms with E-state index in [1.54, 1.807) is 0 Å². The Labute approximate surface area is 111 Å². The Morgan fingerprint density at radius 2 is 1.88 bits per heavy atom. The molecular formula is C15H17BrO. The molecule has 3 fully saturated rings. The van der Waals surface area contributed by atoms with Crippen LogP contribution in [-0.2, 0) is 4.79 Å². The van der Waals surface area contributed by atoms with Crippen molar-refractivity contribution in [3.8, 4) is 0 Å². The molecule has 3 saturated carbocycles. The summed E-state index contributed by atoms with van der Waals surface area (Å²) in [7, 11) is 0. The molecule has 2 bridgehead atoms. The van der Waals surface area contributed by atoms with Crippen LogP contribution in [0.3, 0.4) is 0 Å². The highest BCUT2D eigenvalue weighted by atomic mass is 79.9. The summed E-state index contributed by atoms with van der Waals surface area (Å²) in [5.41, 5.74) is 1.55. The summed E-state index contributed by atoms with van der Waals surface area (Å²) >= 11 is 3.46. The van der Waals surface area contributed by atoms with Gasteiger partial charge in [-0.25, -0.2) is 0 Å². The maximum atomic E-state index is 12.1. The Bertz CT molecular complexity index is 460. The van der Waals surface area contributed by atoms with E-state index in [2.05, 4.69) is 54.0 Å². The number of Topliss-reactive ketones (excluding diaryl/α,β-unsaturated/α-hetero) is 1. The molecule has 1 aromatic rings. The summed E-state index contributed by atoms with van der Waals surface area (Å²) in [6.07, 6.45) is 1.85. The van der Waals surface area contributed by atoms with Crippen LogP contribution in [0.5, 0.6) is 0 Å². The molecule has 3 atom stereocenters. The van der Waals surface area contributed by atoms with Gasteiger partial charge in [-0.05, 0) is 41.4 Å². The second-order valence-corrected chi connectivity index (χ2v) is 6.96. The van der Waals surface area contributed by atoms with Gasteiger partial charge in [-0.1, -0.05) is 41.9 Å². The number of hydrogen-bond donors (Lipinski definition) is 0. The Morgan fingerprint density at radius 1 is 1.24 bits per heavy atom. The average molecular weight is 293 g/mol. The lowest BCUT2D eigenvalue weighted by Crippen LogP contribution is -2.56. The van der Waals surface area contributed by atoms with Crippen LogP contribution >= 0.6 is 15.9 Å². The van der Waals surface area contributed by atoms with Crippen LogP contribution in [-0.4, -0.2) is 5.78 Å². The first-order valence-electron chi connectivity index (χ1n) is 6.28. The number of benzene rings is 1. The Kier molecular flexibility index (Phi) is 2.48. The van der Waals surface area contributed by atoms with Gasteiger partial charge in [0, 0.05) is 16.8 Å². The lowest BCUT2D eigenvalue weighted by molar-refractivity contribution is -0.151. The zero-order valence-corrected chi connectivity index (χ0v) is 11.8. The largest absolute Gasteiger partial charge is 0.299 e. The lowest BCUT2D eigenvalue weighted by Gasteiger charge is -2.59. The molecule has 0 amide bonds. The number of rotatable bonds is 1. The van der Waals surface area contributed by atoms with Gasteiger partial charge in [-0.15, -0.1) is 0 Å². The number of hydrogen-bond acceptors (Lipinski definition) is 1. The topological polar surface area (TPSA) is 17.1 Å². The van der Waals surface area contributed by atoms with E-state index in [4.69, 9.17) is 0 Å². The molecule has 0 unspecified atom stereocenters. The fraction of sp³-hybridized carbons (Fsp3) is 0.533. The number of carbonyl (C=O) groups is 1. The predicted octanol–water partition coefficient (Wildman–Crippen LogP) is 4.17. The van der Waals surface area contributed by atoms with Gasteiger partial charge in [0.25, 0.3) is 0 Å². The molecule has 1 nitrogen and oxygen atoms in total. The minimum absolute atomic E-state index is 0.215. The quantitative estimate of drug-likeness (QED) is 0.759. The molecule has 0 heterocycles. The van der Waals surface area contributed by atoms with Gasteiger partial charge in [0.05, 0.1) is 0 Å². The molecule has 17 heavy (non-hydrogen) atoms. The molecule has 3 aliphatic carbocycles. The Morgan fingerprint density at radius 3 is 2.41 bits per heavy atom. The van der Waals surface area contributed by atoms with E-state index in [1.165, 1.54) is 5.56 Å². The summed E-state index contributed by atoms with van der Waals surface area (Å²) in [4.78, 5) is 12.1. The first kappa shape index (κ1) is 11.5. The highest BCUT2D eigenvalue weighted by Gasteiger charge is 2.58. The Hall–Kier alpha value is -0.630. The second kappa shape index (κ2) is 3.68. The van der Waals surface area contributed by atoms with E-state index in [9.17, 15) is 4.79 Å². The molecular weight excluding hydrogens is 276 g/mol. The van der Waals surface area contributed by atoms with Crippen LogP contribution in [0, 0.1) is 17.3 Å². The molecule has 0 saturated heterocycles. The summed E-state index contributed by atoms with van der Waals surface area (Å²) in [6, 6.07) is 8.49. The standard InChI is InChI=1S/C15H17BrO/c1-15(2)12-8-13(15)14(17)7-11(12)9-3-5-10(16)6-4-9/h3-6,11-13H,7-8H2,1-2H3/t11-,12+,13-/m0/s1. The van der Waals surface area contributed by atoms with Crippen molar-refractivity contribution in [2.24, 2.45) is 17.3 Å². The third-order valence-electron chi connectivity index (χ3n) is 4.94. The van der Waals surface area contributed by atoms with Crippen LogP contribution in [0.1, 0.15) is 38.2 Å². The highest BCUT2D eigenvalue weighted by molar-refractivity contribution is 9.10. The van der Waals surface area contributed by atoms with Crippen molar-refractivity contribution < 1.29 is 4.79 Å². The molecule has 1 aromatic carbocycles. The van der Waals surface area contributed by atoms with Crippen LogP contribution in [0.4, 0.5) is 0 Å². The van der Waals surface area contributed by atoms with Crippen molar-refractivity contribution in [3.63, 3.8) is 0 Å². The van der Waals surface area contributed by atoms with Crippen LogP contribution < -0.4 is 0 Å². The summed E-state index contributed by atoms with van der Waals surface area (Å²) in [5, 5.41) is 0. The van der Waals surface area contributed by atoms with Gasteiger partial charge in [0.2, 0.25) is 0 Å². The molecule has 0 aliphatic heterocycles. The smallest absolute Gasteiger partial charge is 0.137 e.